The Balaban J connectivity index is 1.49. The summed E-state index contributed by atoms with van der Waals surface area (Å²) >= 11 is 1.61. The molecule has 4 rings (SSSR count). The summed E-state index contributed by atoms with van der Waals surface area (Å²) in [5.41, 5.74) is 6.51. The van der Waals surface area contributed by atoms with Gasteiger partial charge in [0.05, 0.1) is 5.52 Å². The van der Waals surface area contributed by atoms with Gasteiger partial charge in [-0.2, -0.15) is 0 Å². The Morgan fingerprint density at radius 2 is 1.79 bits per heavy atom. The molecule has 0 saturated heterocycles. The van der Waals surface area contributed by atoms with E-state index in [4.69, 9.17) is 4.98 Å². The van der Waals surface area contributed by atoms with Crippen molar-refractivity contribution in [3.8, 4) is 0 Å². The molecule has 2 aromatic heterocycles. The van der Waals surface area contributed by atoms with Crippen molar-refractivity contribution in [2.24, 2.45) is 5.92 Å². The van der Waals surface area contributed by atoms with Gasteiger partial charge in [0, 0.05) is 30.6 Å². The molecule has 0 unspecified atom stereocenters. The molecular weight excluding hydrogens is 442 g/mol. The molecule has 1 amide bonds. The molecule has 34 heavy (non-hydrogen) atoms. The maximum atomic E-state index is 11.9. The molecule has 0 bridgehead atoms. The Bertz CT molecular complexity index is 1280. The van der Waals surface area contributed by atoms with Crippen molar-refractivity contribution in [3.05, 3.63) is 59.2 Å². The number of hydrogen-bond donors (Lipinski definition) is 1. The Morgan fingerprint density at radius 1 is 1.03 bits per heavy atom. The van der Waals surface area contributed by atoms with Crippen molar-refractivity contribution in [2.45, 2.75) is 58.7 Å². The summed E-state index contributed by atoms with van der Waals surface area (Å²) in [6.45, 7) is 9.87. The molecule has 4 aromatic rings. The maximum Gasteiger partial charge on any atom is 0.220 e. The molecule has 0 aliphatic carbocycles. The lowest BCUT2D eigenvalue weighted by atomic mass is 10.1. The predicted molar refractivity (Wildman–Crippen MR) is 140 cm³/mol. The molecule has 0 saturated carbocycles. The summed E-state index contributed by atoms with van der Waals surface area (Å²) < 4.78 is 2.24. The van der Waals surface area contributed by atoms with Crippen LogP contribution in [0.25, 0.3) is 22.1 Å². The van der Waals surface area contributed by atoms with Crippen LogP contribution in [0.5, 0.6) is 0 Å². The summed E-state index contributed by atoms with van der Waals surface area (Å²) in [5, 5.41) is 13.7. The Kier molecular flexibility index (Phi) is 7.83. The van der Waals surface area contributed by atoms with Crippen molar-refractivity contribution in [1.82, 2.24) is 25.1 Å². The second-order valence-electron chi connectivity index (χ2n) is 9.36. The number of carbonyl (C=O) groups excluding carboxylic acids is 1. The van der Waals surface area contributed by atoms with E-state index in [9.17, 15) is 4.79 Å². The number of unbranched alkanes of at least 4 members (excludes halogenated alkanes) is 1. The lowest BCUT2D eigenvalue weighted by Crippen LogP contribution is -2.26. The standard InChI is InChI=1S/C27H33N5OS/c1-18(2)16-28-24(33)7-5-6-14-34-27-29-26-25(30-31-27)22-15-20(4)10-13-23(22)32(26)17-21-11-8-19(3)9-12-21/h8-13,15,18H,5-7,14,16-17H2,1-4H3,(H,28,33). The van der Waals surface area contributed by atoms with Gasteiger partial charge in [-0.05, 0) is 50.3 Å². The minimum Gasteiger partial charge on any atom is -0.356 e. The maximum absolute atomic E-state index is 11.9. The summed E-state index contributed by atoms with van der Waals surface area (Å²) in [6, 6.07) is 15.1. The van der Waals surface area contributed by atoms with E-state index in [1.807, 2.05) is 0 Å². The number of benzene rings is 2. The number of hydrogen-bond acceptors (Lipinski definition) is 5. The Hall–Kier alpha value is -2.93. The zero-order valence-electron chi connectivity index (χ0n) is 20.5. The van der Waals surface area contributed by atoms with E-state index >= 15 is 0 Å². The van der Waals surface area contributed by atoms with Gasteiger partial charge >= 0.3 is 0 Å². The van der Waals surface area contributed by atoms with Crippen LogP contribution in [-0.4, -0.2) is 38.0 Å². The van der Waals surface area contributed by atoms with E-state index in [2.05, 4.69) is 90.2 Å². The zero-order valence-corrected chi connectivity index (χ0v) is 21.3. The summed E-state index contributed by atoms with van der Waals surface area (Å²) in [6.07, 6.45) is 2.36. The van der Waals surface area contributed by atoms with Crippen LogP contribution in [0.3, 0.4) is 0 Å². The molecule has 178 valence electrons. The molecule has 0 atom stereocenters. The number of nitrogens with one attached hydrogen (secondary N) is 1. The van der Waals surface area contributed by atoms with Crippen LogP contribution in [0.1, 0.15) is 49.8 Å². The van der Waals surface area contributed by atoms with E-state index < -0.39 is 0 Å². The zero-order chi connectivity index (χ0) is 24.1. The minimum atomic E-state index is 0.133. The average molecular weight is 476 g/mol. The second kappa shape index (κ2) is 11.0. The van der Waals surface area contributed by atoms with E-state index in [0.717, 1.165) is 53.8 Å². The normalized spacial score (nSPS) is 11.6. The molecule has 2 heterocycles. The van der Waals surface area contributed by atoms with Crippen molar-refractivity contribution >= 4 is 39.7 Å². The van der Waals surface area contributed by atoms with Gasteiger partial charge in [0.1, 0.15) is 5.52 Å². The third-order valence-corrected chi connectivity index (χ3v) is 6.72. The average Bonchev–Trinajstić information content (AvgIpc) is 3.11. The van der Waals surface area contributed by atoms with Crippen LogP contribution in [0.2, 0.25) is 0 Å². The molecule has 0 aliphatic rings. The SMILES string of the molecule is Cc1ccc(Cn2c3ccc(C)cc3c3nnc(SCCCCC(=O)NCC(C)C)nc32)cc1. The Labute approximate surface area is 205 Å². The largest absolute Gasteiger partial charge is 0.356 e. The van der Waals surface area contributed by atoms with Gasteiger partial charge in [-0.3, -0.25) is 4.79 Å². The number of thioether (sulfide) groups is 1. The fraction of sp³-hybridized carbons (Fsp3) is 0.407. The summed E-state index contributed by atoms with van der Waals surface area (Å²) in [5.74, 6) is 1.47. The van der Waals surface area contributed by atoms with E-state index in [1.165, 1.54) is 16.7 Å². The first-order valence-corrected chi connectivity index (χ1v) is 13.0. The highest BCUT2D eigenvalue weighted by atomic mass is 32.2. The molecule has 0 fully saturated rings. The van der Waals surface area contributed by atoms with E-state index in [1.54, 1.807) is 11.8 Å². The van der Waals surface area contributed by atoms with Crippen LogP contribution in [0.4, 0.5) is 0 Å². The minimum absolute atomic E-state index is 0.133. The molecule has 0 aliphatic heterocycles. The van der Waals surface area contributed by atoms with Gasteiger partial charge in [0.25, 0.3) is 0 Å². The molecule has 6 nitrogen and oxygen atoms in total. The van der Waals surface area contributed by atoms with Crippen molar-refractivity contribution in [3.63, 3.8) is 0 Å². The number of amides is 1. The number of carbonyl (C=O) groups is 1. The number of rotatable bonds is 10. The first-order valence-electron chi connectivity index (χ1n) is 12.0. The molecule has 0 spiro atoms. The van der Waals surface area contributed by atoms with Gasteiger partial charge in [-0.1, -0.05) is 67.1 Å². The fourth-order valence-corrected chi connectivity index (χ4v) is 4.69. The number of aromatic nitrogens is 4. The van der Waals surface area contributed by atoms with Gasteiger partial charge in [0.15, 0.2) is 5.65 Å². The van der Waals surface area contributed by atoms with Crippen LogP contribution in [0.15, 0.2) is 47.6 Å². The van der Waals surface area contributed by atoms with Gasteiger partial charge in [-0.15, -0.1) is 10.2 Å². The van der Waals surface area contributed by atoms with Crippen LogP contribution >= 0.6 is 11.8 Å². The summed E-state index contributed by atoms with van der Waals surface area (Å²) in [7, 11) is 0. The fourth-order valence-electron chi connectivity index (χ4n) is 3.91. The van der Waals surface area contributed by atoms with Crippen molar-refractivity contribution in [1.29, 1.82) is 0 Å². The number of fused-ring (bicyclic) bond motifs is 3. The van der Waals surface area contributed by atoms with Gasteiger partial charge < -0.3 is 9.88 Å². The Morgan fingerprint density at radius 3 is 2.56 bits per heavy atom. The quantitative estimate of drug-likeness (QED) is 0.236. The molecule has 7 heteroatoms. The summed E-state index contributed by atoms with van der Waals surface area (Å²) in [4.78, 5) is 16.8. The van der Waals surface area contributed by atoms with Gasteiger partial charge in [-0.25, -0.2) is 4.98 Å². The van der Waals surface area contributed by atoms with Crippen LogP contribution in [0, 0.1) is 19.8 Å². The van der Waals surface area contributed by atoms with Gasteiger partial charge in [0.2, 0.25) is 11.1 Å². The highest BCUT2D eigenvalue weighted by Gasteiger charge is 2.16. The first kappa shape index (κ1) is 24.2. The predicted octanol–water partition coefficient (Wildman–Crippen LogP) is 5.68. The topological polar surface area (TPSA) is 72.7 Å². The number of aryl methyl sites for hydroxylation is 2. The lowest BCUT2D eigenvalue weighted by Gasteiger charge is -2.08. The highest BCUT2D eigenvalue weighted by Crippen LogP contribution is 2.29. The smallest absolute Gasteiger partial charge is 0.220 e. The molecule has 1 N–H and O–H groups in total. The molecule has 2 aromatic carbocycles. The third-order valence-electron chi connectivity index (χ3n) is 5.80. The van der Waals surface area contributed by atoms with E-state index in [0.29, 0.717) is 17.5 Å². The van der Waals surface area contributed by atoms with Crippen LogP contribution < -0.4 is 5.32 Å². The second-order valence-corrected chi connectivity index (χ2v) is 10.4. The van der Waals surface area contributed by atoms with Crippen LogP contribution in [-0.2, 0) is 11.3 Å². The molecule has 0 radical (unpaired) electrons. The third kappa shape index (κ3) is 5.95. The van der Waals surface area contributed by atoms with Crippen molar-refractivity contribution in [2.75, 3.05) is 12.3 Å². The first-order chi connectivity index (χ1) is 16.4. The number of nitrogens with zero attached hydrogens (tertiary/aromatic N) is 4. The monoisotopic (exact) mass is 475 g/mol. The van der Waals surface area contributed by atoms with Crippen molar-refractivity contribution < 1.29 is 4.79 Å². The van der Waals surface area contributed by atoms with E-state index in [-0.39, 0.29) is 5.91 Å². The lowest BCUT2D eigenvalue weighted by molar-refractivity contribution is -0.121. The highest BCUT2D eigenvalue weighted by molar-refractivity contribution is 7.99. The molecular formula is C27H33N5OS.